The largest absolute Gasteiger partial charge is 0.395 e. The van der Waals surface area contributed by atoms with Crippen LogP contribution >= 0.6 is 0 Å². The number of rotatable bonds is 7. The van der Waals surface area contributed by atoms with E-state index in [9.17, 15) is 9.59 Å². The molecule has 0 aliphatic heterocycles. The molecule has 0 heterocycles. The first-order valence-electron chi connectivity index (χ1n) is 6.43. The predicted molar refractivity (Wildman–Crippen MR) is 78.3 cm³/mol. The third-order valence-electron chi connectivity index (χ3n) is 2.70. The molecule has 0 aliphatic carbocycles. The minimum atomic E-state index is -0.131. The fourth-order valence-corrected chi connectivity index (χ4v) is 1.79. The van der Waals surface area contributed by atoms with E-state index in [0.29, 0.717) is 18.8 Å². The summed E-state index contributed by atoms with van der Waals surface area (Å²) < 4.78 is 0. The maximum Gasteiger partial charge on any atom is 0.227 e. The van der Waals surface area contributed by atoms with Gasteiger partial charge >= 0.3 is 0 Å². The van der Waals surface area contributed by atoms with Gasteiger partial charge in [0, 0.05) is 25.7 Å². The molecule has 0 fully saturated rings. The monoisotopic (exact) mass is 276 g/mol. The highest BCUT2D eigenvalue weighted by Crippen LogP contribution is 2.11. The molecule has 0 bridgehead atoms. The van der Waals surface area contributed by atoms with E-state index >= 15 is 0 Å². The third-order valence-corrected chi connectivity index (χ3v) is 2.70. The van der Waals surface area contributed by atoms with E-state index in [1.54, 1.807) is 35.2 Å². The molecule has 1 rings (SSSR count). The molecule has 0 saturated carbocycles. The van der Waals surface area contributed by atoms with E-state index in [1.165, 1.54) is 6.92 Å². The van der Waals surface area contributed by atoms with Crippen LogP contribution in [0.4, 0.5) is 5.69 Å². The number of nitrogens with one attached hydrogen (secondary N) is 1. The van der Waals surface area contributed by atoms with Crippen LogP contribution in [0.1, 0.15) is 12.5 Å². The van der Waals surface area contributed by atoms with E-state index in [4.69, 9.17) is 5.11 Å². The van der Waals surface area contributed by atoms with Gasteiger partial charge in [-0.05, 0) is 17.7 Å². The number of hydrogen-bond donors (Lipinski definition) is 2. The minimum absolute atomic E-state index is 0.0637. The van der Waals surface area contributed by atoms with E-state index in [1.807, 2.05) is 0 Å². The average molecular weight is 276 g/mol. The highest BCUT2D eigenvalue weighted by Gasteiger charge is 2.12. The van der Waals surface area contributed by atoms with Crippen molar-refractivity contribution in [1.82, 2.24) is 4.90 Å². The Morgan fingerprint density at radius 3 is 2.50 bits per heavy atom. The second-order valence-corrected chi connectivity index (χ2v) is 4.41. The highest BCUT2D eigenvalue weighted by molar-refractivity contribution is 5.88. The molecule has 108 valence electrons. The summed E-state index contributed by atoms with van der Waals surface area (Å²) in [6, 6.07) is 7.12. The summed E-state index contributed by atoms with van der Waals surface area (Å²) in [4.78, 5) is 24.5. The van der Waals surface area contributed by atoms with Crippen molar-refractivity contribution in [1.29, 1.82) is 0 Å². The number of anilines is 1. The molecule has 1 aromatic rings. The third kappa shape index (κ3) is 5.24. The van der Waals surface area contributed by atoms with Crippen LogP contribution in [0.3, 0.4) is 0 Å². The minimum Gasteiger partial charge on any atom is -0.395 e. The van der Waals surface area contributed by atoms with Crippen LogP contribution in [0.25, 0.3) is 0 Å². The Bertz CT molecular complexity index is 469. The van der Waals surface area contributed by atoms with E-state index < -0.39 is 0 Å². The molecule has 20 heavy (non-hydrogen) atoms. The van der Waals surface area contributed by atoms with Gasteiger partial charge in [0.2, 0.25) is 11.8 Å². The molecule has 0 spiro atoms. The first-order valence-corrected chi connectivity index (χ1v) is 6.43. The van der Waals surface area contributed by atoms with E-state index in [-0.39, 0.29) is 24.8 Å². The molecule has 5 nitrogen and oxygen atoms in total. The molecule has 0 unspecified atom stereocenters. The lowest BCUT2D eigenvalue weighted by Crippen LogP contribution is -2.34. The molecule has 0 aromatic heterocycles. The van der Waals surface area contributed by atoms with Crippen molar-refractivity contribution in [3.63, 3.8) is 0 Å². The molecular formula is C15H20N2O3. The van der Waals surface area contributed by atoms with Gasteiger partial charge in [-0.1, -0.05) is 18.2 Å². The number of benzene rings is 1. The van der Waals surface area contributed by atoms with Crippen molar-refractivity contribution < 1.29 is 14.7 Å². The number of nitrogens with zero attached hydrogens (tertiary/aromatic N) is 1. The van der Waals surface area contributed by atoms with Crippen LogP contribution in [0, 0.1) is 0 Å². The number of carbonyl (C=O) groups excluding carboxylic acids is 2. The van der Waals surface area contributed by atoms with Crippen LogP contribution < -0.4 is 5.32 Å². The van der Waals surface area contributed by atoms with Crippen molar-refractivity contribution in [2.75, 3.05) is 25.0 Å². The second kappa shape index (κ2) is 8.12. The van der Waals surface area contributed by atoms with Crippen molar-refractivity contribution in [3.05, 3.63) is 42.5 Å². The van der Waals surface area contributed by atoms with Gasteiger partial charge in [0.1, 0.15) is 0 Å². The lowest BCUT2D eigenvalue weighted by atomic mass is 10.1. The van der Waals surface area contributed by atoms with Gasteiger partial charge in [-0.15, -0.1) is 6.58 Å². The van der Waals surface area contributed by atoms with Crippen LogP contribution in [-0.2, 0) is 16.0 Å². The molecule has 5 heteroatoms. The van der Waals surface area contributed by atoms with Gasteiger partial charge in [-0.3, -0.25) is 9.59 Å². The maximum absolute atomic E-state index is 12.1. The zero-order valence-electron chi connectivity index (χ0n) is 11.6. The maximum atomic E-state index is 12.1. The standard InChI is InChI=1S/C15H20N2O3/c1-3-8-17(9-10-18)15(20)11-13-4-6-14(7-5-13)16-12(2)19/h3-7,18H,1,8-11H2,2H3,(H,16,19). The quantitative estimate of drug-likeness (QED) is 0.735. The Morgan fingerprint density at radius 1 is 1.35 bits per heavy atom. The second-order valence-electron chi connectivity index (χ2n) is 4.41. The number of carbonyl (C=O) groups is 2. The number of aliphatic hydroxyl groups is 1. The molecule has 0 radical (unpaired) electrons. The summed E-state index contributed by atoms with van der Waals surface area (Å²) >= 11 is 0. The fraction of sp³-hybridized carbons (Fsp3) is 0.333. The molecule has 1 aromatic carbocycles. The van der Waals surface area contributed by atoms with Crippen LogP contribution in [0.2, 0.25) is 0 Å². The van der Waals surface area contributed by atoms with Gasteiger partial charge in [0.05, 0.1) is 13.0 Å². The zero-order valence-corrected chi connectivity index (χ0v) is 11.6. The summed E-state index contributed by atoms with van der Waals surface area (Å²) in [5.41, 5.74) is 1.56. The Morgan fingerprint density at radius 2 is 2.00 bits per heavy atom. The first kappa shape index (κ1) is 15.9. The van der Waals surface area contributed by atoms with Crippen molar-refractivity contribution in [3.8, 4) is 0 Å². The highest BCUT2D eigenvalue weighted by atomic mass is 16.3. The lowest BCUT2D eigenvalue weighted by Gasteiger charge is -2.20. The van der Waals surface area contributed by atoms with E-state index in [0.717, 1.165) is 5.56 Å². The zero-order chi connectivity index (χ0) is 15.0. The number of hydrogen-bond acceptors (Lipinski definition) is 3. The van der Waals surface area contributed by atoms with Gasteiger partial charge in [-0.25, -0.2) is 0 Å². The van der Waals surface area contributed by atoms with Crippen molar-refractivity contribution in [2.45, 2.75) is 13.3 Å². The number of amides is 2. The van der Waals surface area contributed by atoms with Crippen LogP contribution in [-0.4, -0.2) is 41.5 Å². The van der Waals surface area contributed by atoms with Gasteiger partial charge in [0.15, 0.2) is 0 Å². The fourth-order valence-electron chi connectivity index (χ4n) is 1.79. The Hall–Kier alpha value is -2.14. The molecular weight excluding hydrogens is 256 g/mol. The number of aliphatic hydroxyl groups excluding tert-OH is 1. The van der Waals surface area contributed by atoms with Crippen LogP contribution in [0.5, 0.6) is 0 Å². The Labute approximate surface area is 118 Å². The summed E-state index contributed by atoms with van der Waals surface area (Å²) in [6.45, 7) is 5.69. The lowest BCUT2D eigenvalue weighted by molar-refractivity contribution is -0.130. The topological polar surface area (TPSA) is 69.6 Å². The smallest absolute Gasteiger partial charge is 0.227 e. The van der Waals surface area contributed by atoms with Crippen LogP contribution in [0.15, 0.2) is 36.9 Å². The van der Waals surface area contributed by atoms with Gasteiger partial charge in [0.25, 0.3) is 0 Å². The Kier molecular flexibility index (Phi) is 6.46. The van der Waals surface area contributed by atoms with E-state index in [2.05, 4.69) is 11.9 Å². The Balaban J connectivity index is 2.64. The summed E-state index contributed by atoms with van der Waals surface area (Å²) in [7, 11) is 0. The normalized spacial score (nSPS) is 9.90. The van der Waals surface area contributed by atoms with Gasteiger partial charge in [-0.2, -0.15) is 0 Å². The predicted octanol–water partition coefficient (Wildman–Crippen LogP) is 1.19. The SMILES string of the molecule is C=CCN(CCO)C(=O)Cc1ccc(NC(C)=O)cc1. The first-order chi connectivity index (χ1) is 9.56. The van der Waals surface area contributed by atoms with Crippen molar-refractivity contribution >= 4 is 17.5 Å². The van der Waals surface area contributed by atoms with Crippen molar-refractivity contribution in [2.24, 2.45) is 0 Å². The molecule has 2 amide bonds. The molecule has 0 atom stereocenters. The molecule has 0 aliphatic rings. The molecule has 2 N–H and O–H groups in total. The average Bonchev–Trinajstić information content (AvgIpc) is 2.40. The molecule has 0 saturated heterocycles. The summed E-state index contributed by atoms with van der Waals surface area (Å²) in [6.07, 6.45) is 1.89. The summed E-state index contributed by atoms with van der Waals surface area (Å²) in [5.74, 6) is -0.194. The van der Waals surface area contributed by atoms with Gasteiger partial charge < -0.3 is 15.3 Å². The summed E-state index contributed by atoms with van der Waals surface area (Å²) in [5, 5.41) is 11.6.